The molecule has 0 saturated carbocycles. The van der Waals surface area contributed by atoms with Crippen molar-refractivity contribution in [3.63, 3.8) is 0 Å². The van der Waals surface area contributed by atoms with E-state index in [2.05, 4.69) is 5.10 Å². The summed E-state index contributed by atoms with van der Waals surface area (Å²) in [5.74, 6) is 0.313. The zero-order valence-corrected chi connectivity index (χ0v) is 11.8. The normalized spacial score (nSPS) is 23.4. The molecule has 0 radical (unpaired) electrons. The Kier molecular flexibility index (Phi) is 4.21. The number of aromatic nitrogens is 2. The van der Waals surface area contributed by atoms with Crippen LogP contribution in [0.1, 0.15) is 23.7 Å². The van der Waals surface area contributed by atoms with Gasteiger partial charge in [0, 0.05) is 44.3 Å². The van der Waals surface area contributed by atoms with E-state index in [1.807, 2.05) is 29.7 Å². The molecule has 2 heterocycles. The lowest BCUT2D eigenvalue weighted by atomic mass is 9.94. The van der Waals surface area contributed by atoms with Crippen LogP contribution in [0.2, 0.25) is 0 Å². The van der Waals surface area contributed by atoms with Crippen LogP contribution < -0.4 is 5.73 Å². The second-order valence-corrected chi connectivity index (χ2v) is 5.03. The van der Waals surface area contributed by atoms with Crippen molar-refractivity contribution >= 4 is 5.91 Å². The molecule has 2 N–H and O–H groups in total. The van der Waals surface area contributed by atoms with Gasteiger partial charge in [-0.25, -0.2) is 0 Å². The molecule has 0 aliphatic carbocycles. The average molecular weight is 266 g/mol. The lowest BCUT2D eigenvalue weighted by molar-refractivity contribution is -0.129. The van der Waals surface area contributed by atoms with Crippen LogP contribution in [-0.2, 0) is 16.6 Å². The van der Waals surface area contributed by atoms with Gasteiger partial charge >= 0.3 is 0 Å². The average Bonchev–Trinajstić information content (AvgIpc) is 2.88. The van der Waals surface area contributed by atoms with Crippen molar-refractivity contribution in [3.8, 4) is 0 Å². The molecule has 6 heteroatoms. The Morgan fingerprint density at radius 2 is 2.32 bits per heavy atom. The summed E-state index contributed by atoms with van der Waals surface area (Å²) in [7, 11) is 3.55. The molecular formula is C13H22N4O2. The summed E-state index contributed by atoms with van der Waals surface area (Å²) in [6.07, 6.45) is 2.36. The number of nitrogens with zero attached hydrogens (tertiary/aromatic N) is 3. The number of likely N-dealkylation sites (tertiary alicyclic amines) is 1. The van der Waals surface area contributed by atoms with Gasteiger partial charge in [-0.15, -0.1) is 0 Å². The number of ether oxygens (including phenoxy) is 1. The predicted molar refractivity (Wildman–Crippen MR) is 71.4 cm³/mol. The second kappa shape index (κ2) is 5.71. The van der Waals surface area contributed by atoms with Gasteiger partial charge in [-0.05, 0) is 13.5 Å². The van der Waals surface area contributed by atoms with Gasteiger partial charge in [0.25, 0.3) is 0 Å². The maximum Gasteiger partial charge on any atom is 0.223 e. The van der Waals surface area contributed by atoms with Gasteiger partial charge in [0.2, 0.25) is 5.91 Å². The molecule has 0 unspecified atom stereocenters. The van der Waals surface area contributed by atoms with E-state index in [1.54, 1.807) is 7.11 Å². The van der Waals surface area contributed by atoms with E-state index in [9.17, 15) is 4.79 Å². The largest absolute Gasteiger partial charge is 0.383 e. The van der Waals surface area contributed by atoms with Gasteiger partial charge in [-0.3, -0.25) is 9.48 Å². The molecule has 1 fully saturated rings. The zero-order chi connectivity index (χ0) is 14.0. The first-order valence-corrected chi connectivity index (χ1v) is 6.57. The first-order chi connectivity index (χ1) is 9.10. The fraction of sp³-hybridized carbons (Fsp3) is 0.692. The minimum absolute atomic E-state index is 0.0290. The summed E-state index contributed by atoms with van der Waals surface area (Å²) in [6, 6.07) is 0.0290. The Hall–Kier alpha value is -1.40. The molecular weight excluding hydrogens is 244 g/mol. The zero-order valence-electron chi connectivity index (χ0n) is 11.8. The number of methoxy groups -OCH3 is 1. The Bertz CT molecular complexity index is 457. The fourth-order valence-corrected chi connectivity index (χ4v) is 2.76. The van der Waals surface area contributed by atoms with Crippen LogP contribution in [0.15, 0.2) is 6.20 Å². The molecule has 0 aromatic carbocycles. The maximum atomic E-state index is 12.1. The van der Waals surface area contributed by atoms with E-state index in [0.717, 1.165) is 11.3 Å². The number of aryl methyl sites for hydroxylation is 1. The van der Waals surface area contributed by atoms with Crippen LogP contribution in [0.25, 0.3) is 0 Å². The molecule has 0 spiro atoms. The number of carbonyl (C=O) groups excluding carboxylic acids is 1. The summed E-state index contributed by atoms with van der Waals surface area (Å²) in [6.45, 7) is 3.67. The third-order valence-corrected chi connectivity index (χ3v) is 3.97. The molecule has 19 heavy (non-hydrogen) atoms. The highest BCUT2D eigenvalue weighted by molar-refractivity contribution is 5.79. The lowest BCUT2D eigenvalue weighted by Crippen LogP contribution is -2.33. The Labute approximate surface area is 113 Å². The van der Waals surface area contributed by atoms with E-state index < -0.39 is 0 Å². The van der Waals surface area contributed by atoms with Gasteiger partial charge in [0.1, 0.15) is 0 Å². The van der Waals surface area contributed by atoms with E-state index in [-0.39, 0.29) is 17.9 Å². The molecule has 1 aromatic heterocycles. The Balaban J connectivity index is 2.31. The molecule has 0 bridgehead atoms. The van der Waals surface area contributed by atoms with Gasteiger partial charge < -0.3 is 15.4 Å². The smallest absolute Gasteiger partial charge is 0.223 e. The van der Waals surface area contributed by atoms with Crippen molar-refractivity contribution in [1.29, 1.82) is 0 Å². The first-order valence-electron chi connectivity index (χ1n) is 6.57. The van der Waals surface area contributed by atoms with E-state index >= 15 is 0 Å². The van der Waals surface area contributed by atoms with Crippen LogP contribution in [0.4, 0.5) is 0 Å². The molecule has 2 atom stereocenters. The summed E-state index contributed by atoms with van der Waals surface area (Å²) in [5.41, 5.74) is 8.02. The van der Waals surface area contributed by atoms with Crippen molar-refractivity contribution in [2.24, 2.45) is 18.7 Å². The molecule has 6 nitrogen and oxygen atoms in total. The topological polar surface area (TPSA) is 73.4 Å². The molecule has 2 rings (SSSR count). The van der Waals surface area contributed by atoms with Crippen molar-refractivity contribution in [3.05, 3.63) is 17.5 Å². The van der Waals surface area contributed by atoms with Gasteiger partial charge in [-0.2, -0.15) is 5.10 Å². The molecule has 1 aliphatic heterocycles. The third-order valence-electron chi connectivity index (χ3n) is 3.97. The van der Waals surface area contributed by atoms with E-state index in [0.29, 0.717) is 26.1 Å². The number of rotatable bonds is 5. The number of hydrogen-bond acceptors (Lipinski definition) is 4. The highest BCUT2D eigenvalue weighted by Gasteiger charge is 2.40. The van der Waals surface area contributed by atoms with Gasteiger partial charge in [0.05, 0.1) is 18.8 Å². The second-order valence-electron chi connectivity index (χ2n) is 5.03. The standard InChI is InChI=1S/C13H22N4O2/c1-9-11(8-15-16(9)2)13-10(7-14)6-12(18)17(13)4-5-19-3/h8,10,13H,4-7,14H2,1-3H3/t10-,13+/m1/s1. The molecule has 1 saturated heterocycles. The number of amides is 1. The van der Waals surface area contributed by atoms with Crippen LogP contribution in [0.3, 0.4) is 0 Å². The Morgan fingerprint density at radius 1 is 1.58 bits per heavy atom. The van der Waals surface area contributed by atoms with E-state index in [1.165, 1.54) is 0 Å². The van der Waals surface area contributed by atoms with Crippen molar-refractivity contribution in [2.45, 2.75) is 19.4 Å². The number of hydrogen-bond donors (Lipinski definition) is 1. The maximum absolute atomic E-state index is 12.1. The molecule has 1 amide bonds. The summed E-state index contributed by atoms with van der Waals surface area (Å²) >= 11 is 0. The third kappa shape index (κ3) is 2.50. The first kappa shape index (κ1) is 14.0. The number of nitrogens with two attached hydrogens (primary N) is 1. The predicted octanol–water partition coefficient (Wildman–Crippen LogP) is 0.223. The highest BCUT2D eigenvalue weighted by atomic mass is 16.5. The minimum Gasteiger partial charge on any atom is -0.383 e. The van der Waals surface area contributed by atoms with Crippen LogP contribution in [0, 0.1) is 12.8 Å². The van der Waals surface area contributed by atoms with E-state index in [4.69, 9.17) is 10.5 Å². The number of carbonyl (C=O) groups is 1. The molecule has 1 aliphatic rings. The molecule has 106 valence electrons. The fourth-order valence-electron chi connectivity index (χ4n) is 2.76. The minimum atomic E-state index is 0.0290. The van der Waals surface area contributed by atoms with Crippen molar-refractivity contribution in [1.82, 2.24) is 14.7 Å². The monoisotopic (exact) mass is 266 g/mol. The summed E-state index contributed by atoms with van der Waals surface area (Å²) in [4.78, 5) is 14.0. The van der Waals surface area contributed by atoms with Gasteiger partial charge in [-0.1, -0.05) is 0 Å². The highest BCUT2D eigenvalue weighted by Crippen LogP contribution is 2.38. The molecule has 1 aromatic rings. The summed E-state index contributed by atoms with van der Waals surface area (Å²) in [5, 5.41) is 4.28. The van der Waals surface area contributed by atoms with Gasteiger partial charge in [0.15, 0.2) is 0 Å². The SMILES string of the molecule is COCCN1C(=O)C[C@H](CN)[C@H]1c1cnn(C)c1C. The summed E-state index contributed by atoms with van der Waals surface area (Å²) < 4.78 is 6.93. The van der Waals surface area contributed by atoms with Crippen LogP contribution in [-0.4, -0.2) is 47.4 Å². The van der Waals surface area contributed by atoms with Crippen LogP contribution in [0.5, 0.6) is 0 Å². The quantitative estimate of drug-likeness (QED) is 0.827. The van der Waals surface area contributed by atoms with Crippen molar-refractivity contribution in [2.75, 3.05) is 26.8 Å². The lowest BCUT2D eigenvalue weighted by Gasteiger charge is -2.27. The van der Waals surface area contributed by atoms with Crippen LogP contribution >= 0.6 is 0 Å². The van der Waals surface area contributed by atoms with Crippen molar-refractivity contribution < 1.29 is 9.53 Å². The Morgan fingerprint density at radius 3 is 2.84 bits per heavy atom.